The molecule has 0 aromatic heterocycles. The summed E-state index contributed by atoms with van der Waals surface area (Å²) in [7, 11) is -3.30. The molecule has 102 valence electrons. The van der Waals surface area contributed by atoms with Gasteiger partial charge in [0.1, 0.15) is 0 Å². The van der Waals surface area contributed by atoms with Crippen molar-refractivity contribution in [1.82, 2.24) is 4.31 Å². The van der Waals surface area contributed by atoms with Gasteiger partial charge < -0.3 is 9.84 Å². The van der Waals surface area contributed by atoms with Gasteiger partial charge in [0.15, 0.2) is 0 Å². The first-order valence-electron chi connectivity index (χ1n) is 6.05. The molecule has 0 radical (unpaired) electrons. The lowest BCUT2D eigenvalue weighted by Crippen LogP contribution is -2.49. The molecular formula is C11H23NO4S. The predicted molar refractivity (Wildman–Crippen MR) is 66.3 cm³/mol. The van der Waals surface area contributed by atoms with Crippen molar-refractivity contribution in [2.24, 2.45) is 0 Å². The highest BCUT2D eigenvalue weighted by atomic mass is 32.2. The molecule has 1 unspecified atom stereocenters. The number of sulfonamides is 1. The standard InChI is InChI=1S/C11H23NO4S/c1-10(2)16-7-8-17(14,15)12-6-4-5-11(3,13)9-12/h10,13H,4-9H2,1-3H3. The molecule has 0 amide bonds. The Labute approximate surface area is 104 Å². The minimum absolute atomic E-state index is 0.0126. The average Bonchev–Trinajstić information content (AvgIpc) is 2.15. The number of piperidine rings is 1. The molecule has 6 heteroatoms. The molecule has 0 aromatic carbocycles. The van der Waals surface area contributed by atoms with Crippen LogP contribution in [-0.2, 0) is 14.8 Å². The van der Waals surface area contributed by atoms with Gasteiger partial charge in [-0.2, -0.15) is 4.31 Å². The monoisotopic (exact) mass is 265 g/mol. The van der Waals surface area contributed by atoms with Crippen molar-refractivity contribution in [2.75, 3.05) is 25.4 Å². The zero-order valence-corrected chi connectivity index (χ0v) is 11.7. The van der Waals surface area contributed by atoms with E-state index in [0.717, 1.165) is 0 Å². The first-order valence-corrected chi connectivity index (χ1v) is 7.66. The first kappa shape index (κ1) is 14.9. The van der Waals surface area contributed by atoms with Gasteiger partial charge >= 0.3 is 0 Å². The number of β-amino-alcohol motifs (C(OH)–C–C–N with tert-alkyl or cyclic N) is 1. The number of nitrogens with zero attached hydrogens (tertiary/aromatic N) is 1. The normalized spacial score (nSPS) is 27.6. The number of aliphatic hydroxyl groups is 1. The summed E-state index contributed by atoms with van der Waals surface area (Å²) in [6.45, 7) is 6.33. The van der Waals surface area contributed by atoms with E-state index in [1.165, 1.54) is 4.31 Å². The van der Waals surface area contributed by atoms with Crippen molar-refractivity contribution >= 4 is 10.0 Å². The van der Waals surface area contributed by atoms with Crippen molar-refractivity contribution < 1.29 is 18.3 Å². The van der Waals surface area contributed by atoms with Crippen LogP contribution in [0.4, 0.5) is 0 Å². The summed E-state index contributed by atoms with van der Waals surface area (Å²) in [5.41, 5.74) is -0.899. The van der Waals surface area contributed by atoms with Gasteiger partial charge in [0.05, 0.1) is 24.1 Å². The molecular weight excluding hydrogens is 242 g/mol. The lowest BCUT2D eigenvalue weighted by Gasteiger charge is -2.35. The van der Waals surface area contributed by atoms with Crippen LogP contribution in [0.1, 0.15) is 33.6 Å². The van der Waals surface area contributed by atoms with E-state index >= 15 is 0 Å². The van der Waals surface area contributed by atoms with E-state index < -0.39 is 15.6 Å². The van der Waals surface area contributed by atoms with E-state index in [0.29, 0.717) is 19.4 Å². The highest BCUT2D eigenvalue weighted by molar-refractivity contribution is 7.89. The Morgan fingerprint density at radius 3 is 2.65 bits per heavy atom. The molecule has 0 saturated carbocycles. The number of hydrogen-bond donors (Lipinski definition) is 1. The third kappa shape index (κ3) is 4.91. The van der Waals surface area contributed by atoms with Crippen LogP contribution in [0.5, 0.6) is 0 Å². The molecule has 1 atom stereocenters. The van der Waals surface area contributed by atoms with Crippen LogP contribution in [-0.4, -0.2) is 55.0 Å². The Morgan fingerprint density at radius 2 is 2.12 bits per heavy atom. The van der Waals surface area contributed by atoms with Gasteiger partial charge in [-0.1, -0.05) is 0 Å². The van der Waals surface area contributed by atoms with Gasteiger partial charge in [-0.05, 0) is 33.6 Å². The van der Waals surface area contributed by atoms with Crippen LogP contribution in [0.3, 0.4) is 0 Å². The number of rotatable bonds is 5. The minimum atomic E-state index is -3.30. The Morgan fingerprint density at radius 1 is 1.47 bits per heavy atom. The molecule has 5 nitrogen and oxygen atoms in total. The third-order valence-corrected chi connectivity index (χ3v) is 4.61. The zero-order chi connectivity index (χ0) is 13.1. The molecule has 1 aliphatic heterocycles. The van der Waals surface area contributed by atoms with Crippen LogP contribution in [0.25, 0.3) is 0 Å². The van der Waals surface area contributed by atoms with Gasteiger partial charge in [0.2, 0.25) is 10.0 Å². The summed E-state index contributed by atoms with van der Waals surface area (Å²) in [5, 5.41) is 9.88. The van der Waals surface area contributed by atoms with E-state index in [2.05, 4.69) is 0 Å². The smallest absolute Gasteiger partial charge is 0.216 e. The van der Waals surface area contributed by atoms with Crippen molar-refractivity contribution in [3.63, 3.8) is 0 Å². The maximum atomic E-state index is 12.0. The fourth-order valence-electron chi connectivity index (χ4n) is 1.93. The maximum absolute atomic E-state index is 12.0. The van der Waals surface area contributed by atoms with Crippen molar-refractivity contribution in [1.29, 1.82) is 0 Å². The van der Waals surface area contributed by atoms with E-state index in [-0.39, 0.29) is 25.0 Å². The summed E-state index contributed by atoms with van der Waals surface area (Å²) in [5.74, 6) is -0.0126. The molecule has 0 bridgehead atoms. The Hall–Kier alpha value is -0.170. The molecule has 0 aliphatic carbocycles. The molecule has 1 N–H and O–H groups in total. The van der Waals surface area contributed by atoms with Crippen LogP contribution in [0, 0.1) is 0 Å². The lowest BCUT2D eigenvalue weighted by atomic mass is 9.97. The number of ether oxygens (including phenoxy) is 1. The molecule has 1 heterocycles. The summed E-state index contributed by atoms with van der Waals surface area (Å²) in [6, 6.07) is 0. The van der Waals surface area contributed by atoms with Crippen LogP contribution >= 0.6 is 0 Å². The molecule has 0 spiro atoms. The fourth-order valence-corrected chi connectivity index (χ4v) is 3.38. The van der Waals surface area contributed by atoms with Crippen molar-refractivity contribution in [2.45, 2.75) is 45.3 Å². The molecule has 1 fully saturated rings. The molecule has 0 aromatic rings. The van der Waals surface area contributed by atoms with Crippen molar-refractivity contribution in [3.05, 3.63) is 0 Å². The SMILES string of the molecule is CC(C)OCCS(=O)(=O)N1CCCC(C)(O)C1. The third-order valence-electron chi connectivity index (χ3n) is 2.83. The van der Waals surface area contributed by atoms with Gasteiger partial charge in [-0.25, -0.2) is 8.42 Å². The predicted octanol–water partition coefficient (Wildman–Crippen LogP) is 0.588. The highest BCUT2D eigenvalue weighted by Gasteiger charge is 2.34. The molecule has 17 heavy (non-hydrogen) atoms. The summed E-state index contributed by atoms with van der Waals surface area (Å²) in [6.07, 6.45) is 1.40. The van der Waals surface area contributed by atoms with Gasteiger partial charge in [0.25, 0.3) is 0 Å². The second kappa shape index (κ2) is 5.65. The highest BCUT2D eigenvalue weighted by Crippen LogP contribution is 2.22. The largest absolute Gasteiger partial charge is 0.389 e. The van der Waals surface area contributed by atoms with Crippen molar-refractivity contribution in [3.8, 4) is 0 Å². The first-order chi connectivity index (χ1) is 7.73. The molecule has 1 aliphatic rings. The lowest BCUT2D eigenvalue weighted by molar-refractivity contribution is 0.00901. The van der Waals surface area contributed by atoms with Crippen LogP contribution < -0.4 is 0 Å². The van der Waals surface area contributed by atoms with Crippen LogP contribution in [0.2, 0.25) is 0 Å². The minimum Gasteiger partial charge on any atom is -0.389 e. The van der Waals surface area contributed by atoms with E-state index in [1.54, 1.807) is 6.92 Å². The van der Waals surface area contributed by atoms with E-state index in [9.17, 15) is 13.5 Å². The second-order valence-corrected chi connectivity index (χ2v) is 7.26. The number of hydrogen-bond acceptors (Lipinski definition) is 4. The van der Waals surface area contributed by atoms with E-state index in [4.69, 9.17) is 4.74 Å². The second-order valence-electron chi connectivity index (χ2n) is 5.17. The quantitative estimate of drug-likeness (QED) is 0.790. The van der Waals surface area contributed by atoms with Gasteiger partial charge in [-0.15, -0.1) is 0 Å². The zero-order valence-electron chi connectivity index (χ0n) is 10.8. The topological polar surface area (TPSA) is 66.8 Å². The van der Waals surface area contributed by atoms with Gasteiger partial charge in [-0.3, -0.25) is 0 Å². The Balaban J connectivity index is 2.52. The summed E-state index contributed by atoms with van der Waals surface area (Å²) in [4.78, 5) is 0. The Bertz CT molecular complexity index is 337. The average molecular weight is 265 g/mol. The Kier molecular flexibility index (Phi) is 4.95. The molecule has 1 saturated heterocycles. The maximum Gasteiger partial charge on any atom is 0.216 e. The van der Waals surface area contributed by atoms with E-state index in [1.807, 2.05) is 13.8 Å². The molecule has 1 rings (SSSR count). The summed E-state index contributed by atoms with van der Waals surface area (Å²) >= 11 is 0. The summed E-state index contributed by atoms with van der Waals surface area (Å²) < 4.78 is 30.6. The van der Waals surface area contributed by atoms with Crippen LogP contribution in [0.15, 0.2) is 0 Å². The van der Waals surface area contributed by atoms with Gasteiger partial charge in [0, 0.05) is 13.1 Å². The fraction of sp³-hybridized carbons (Fsp3) is 1.00.